The zero-order chi connectivity index (χ0) is 16.3. The second kappa shape index (κ2) is 7.12. The van der Waals surface area contributed by atoms with E-state index in [1.165, 1.54) is 22.7 Å². The number of hydrogen-bond acceptors (Lipinski definition) is 7. The summed E-state index contributed by atoms with van der Waals surface area (Å²) in [7, 11) is -4.69. The minimum Gasteiger partial charge on any atom is -0.183 e. The Morgan fingerprint density at radius 1 is 1.45 bits per heavy atom. The van der Waals surface area contributed by atoms with Crippen molar-refractivity contribution in [1.29, 1.82) is 0 Å². The Kier molecular flexibility index (Phi) is 5.65. The van der Waals surface area contributed by atoms with Crippen molar-refractivity contribution in [3.05, 3.63) is 22.5 Å². The summed E-state index contributed by atoms with van der Waals surface area (Å²) in [6.45, 7) is 4.52. The Bertz CT molecular complexity index is 638. The Labute approximate surface area is 134 Å². The standard InChI is InChI=1S/C13H18N3S.ClHO4/c1-3-4-12-15-16-11-6-5-9(2)7-10(11)8-14-13(16)17-12;2-1(3,4)5/h8-9H,3-7H2,1-2H3;(H,2,3,4,5)/q+1;. The number of nitrogens with zero attached hydrogens (tertiary/aromatic N) is 3. The van der Waals surface area contributed by atoms with Crippen LogP contribution in [0.5, 0.6) is 0 Å². The first kappa shape index (κ1) is 17.5. The summed E-state index contributed by atoms with van der Waals surface area (Å²) in [4.78, 5) is 5.61. The average molecular weight is 349 g/mol. The minimum absolute atomic E-state index is 0.788. The first-order valence-electron chi connectivity index (χ1n) is 7.09. The van der Waals surface area contributed by atoms with Crippen molar-refractivity contribution in [2.45, 2.75) is 46.0 Å². The maximum Gasteiger partial charge on any atom is 0.409 e. The Morgan fingerprint density at radius 2 is 2.14 bits per heavy atom. The highest BCUT2D eigenvalue weighted by Gasteiger charge is 2.25. The molecule has 122 valence electrons. The first-order chi connectivity index (χ1) is 10.3. The molecule has 2 aromatic rings. The van der Waals surface area contributed by atoms with Gasteiger partial charge in [-0.15, -0.1) is 0 Å². The maximum atomic E-state index is 8.60. The van der Waals surface area contributed by atoms with Gasteiger partial charge in [0.05, 0.1) is 14.9 Å². The van der Waals surface area contributed by atoms with Gasteiger partial charge < -0.3 is 0 Å². The smallest absolute Gasteiger partial charge is 0.183 e. The maximum absolute atomic E-state index is 8.60. The third-order valence-corrected chi connectivity index (χ3v) is 4.45. The molecule has 0 aromatic carbocycles. The molecule has 0 saturated heterocycles. The average Bonchev–Trinajstić information content (AvgIpc) is 2.79. The fourth-order valence-corrected chi connectivity index (χ4v) is 3.52. The van der Waals surface area contributed by atoms with E-state index in [9.17, 15) is 0 Å². The van der Waals surface area contributed by atoms with Crippen molar-refractivity contribution < 1.29 is 33.4 Å². The summed E-state index contributed by atoms with van der Waals surface area (Å²) in [6, 6.07) is 0. The molecule has 0 saturated carbocycles. The molecule has 3 rings (SSSR count). The molecule has 0 bridgehead atoms. The number of aromatic nitrogens is 3. The summed E-state index contributed by atoms with van der Waals surface area (Å²) in [5.41, 5.74) is 2.79. The van der Waals surface area contributed by atoms with Gasteiger partial charge in [-0.25, -0.2) is 0 Å². The topological polar surface area (TPSA) is 119 Å². The second-order valence-electron chi connectivity index (χ2n) is 5.41. The predicted molar refractivity (Wildman–Crippen MR) is 70.5 cm³/mol. The van der Waals surface area contributed by atoms with Crippen LogP contribution in [0.1, 0.15) is 43.0 Å². The molecule has 1 N–H and O–H groups in total. The molecule has 2 heterocycles. The number of hydrogen-bond donors (Lipinski definition) is 1. The second-order valence-corrected chi connectivity index (χ2v) is 7.25. The number of halogens is 1. The Hall–Kier alpha value is -0.900. The van der Waals surface area contributed by atoms with Gasteiger partial charge >= 0.3 is 4.96 Å². The van der Waals surface area contributed by atoms with Gasteiger partial charge in [-0.3, -0.25) is 0 Å². The molecule has 0 spiro atoms. The molecule has 1 unspecified atom stereocenters. The molecule has 1 aliphatic carbocycles. The van der Waals surface area contributed by atoms with Gasteiger partial charge in [0.1, 0.15) is 16.9 Å². The van der Waals surface area contributed by atoms with Crippen LogP contribution in [0.2, 0.25) is 0 Å². The number of rotatable bonds is 2. The Morgan fingerprint density at radius 3 is 2.77 bits per heavy atom. The van der Waals surface area contributed by atoms with Crippen LogP contribution < -0.4 is 18.5 Å². The largest absolute Gasteiger partial charge is 0.409 e. The van der Waals surface area contributed by atoms with E-state index in [1.807, 2.05) is 0 Å². The van der Waals surface area contributed by atoms with Crippen molar-refractivity contribution in [3.8, 4) is 0 Å². The van der Waals surface area contributed by atoms with E-state index < -0.39 is 10.2 Å². The zero-order valence-corrected chi connectivity index (χ0v) is 14.1. The third-order valence-electron chi connectivity index (χ3n) is 3.47. The van der Waals surface area contributed by atoms with Gasteiger partial charge in [0.15, 0.2) is 0 Å². The lowest BCUT2D eigenvalue weighted by Crippen LogP contribution is -2.58. The van der Waals surface area contributed by atoms with Crippen LogP contribution in [0.25, 0.3) is 4.96 Å². The summed E-state index contributed by atoms with van der Waals surface area (Å²) >= 11 is 1.74. The van der Waals surface area contributed by atoms with E-state index >= 15 is 0 Å². The number of aryl methyl sites for hydroxylation is 2. The molecular formula is C13H19ClN3O4S+. The van der Waals surface area contributed by atoms with Gasteiger partial charge in [0, 0.05) is 18.4 Å². The lowest BCUT2D eigenvalue weighted by Gasteiger charge is -2.16. The zero-order valence-electron chi connectivity index (χ0n) is 12.5. The highest BCUT2D eigenvalue weighted by atomic mass is 35.7. The number of fused-ring (bicyclic) bond motifs is 3. The summed E-state index contributed by atoms with van der Waals surface area (Å²) in [5, 5.41) is 5.93. The van der Waals surface area contributed by atoms with Crippen molar-refractivity contribution in [3.63, 3.8) is 0 Å². The van der Waals surface area contributed by atoms with E-state index in [-0.39, 0.29) is 0 Å². The summed E-state index contributed by atoms with van der Waals surface area (Å²) < 4.78 is 34.8. The first-order valence-corrected chi connectivity index (χ1v) is 9.17. The third kappa shape index (κ3) is 4.80. The normalized spacial score (nSPS) is 17.8. The van der Waals surface area contributed by atoms with Crippen LogP contribution in [-0.4, -0.2) is 14.7 Å². The molecule has 9 heteroatoms. The van der Waals surface area contributed by atoms with Gasteiger partial charge in [0.25, 0.3) is 0 Å². The molecule has 1 aliphatic rings. The fraction of sp³-hybridized carbons (Fsp3) is 0.615. The highest BCUT2D eigenvalue weighted by molar-refractivity contribution is 7.16. The molecule has 22 heavy (non-hydrogen) atoms. The van der Waals surface area contributed by atoms with Crippen molar-refractivity contribution in [2.75, 3.05) is 0 Å². The Balaban J connectivity index is 0.000000309. The molecule has 2 aromatic heterocycles. The van der Waals surface area contributed by atoms with E-state index in [2.05, 4.69) is 29.5 Å². The molecule has 0 amide bonds. The molecule has 7 nitrogen and oxygen atoms in total. The van der Waals surface area contributed by atoms with E-state index in [1.54, 1.807) is 11.3 Å². The molecule has 0 aliphatic heterocycles. The van der Waals surface area contributed by atoms with Crippen LogP contribution in [0.15, 0.2) is 6.20 Å². The minimum atomic E-state index is -4.69. The van der Waals surface area contributed by atoms with Crippen LogP contribution in [0.4, 0.5) is 0 Å². The lowest BCUT2D eigenvalue weighted by molar-refractivity contribution is -1.92. The van der Waals surface area contributed by atoms with E-state index in [0.717, 1.165) is 36.6 Å². The molecular weight excluding hydrogens is 330 g/mol. The van der Waals surface area contributed by atoms with E-state index in [4.69, 9.17) is 23.7 Å². The van der Waals surface area contributed by atoms with E-state index in [0.29, 0.717) is 0 Å². The van der Waals surface area contributed by atoms with Crippen molar-refractivity contribution in [2.24, 2.45) is 5.92 Å². The van der Waals surface area contributed by atoms with Crippen molar-refractivity contribution in [1.82, 2.24) is 10.1 Å². The van der Waals surface area contributed by atoms with Crippen LogP contribution in [0.3, 0.4) is 0 Å². The summed E-state index contributed by atoms with van der Waals surface area (Å²) in [6.07, 6.45) is 7.87. The SMILES string of the molecule is CCCc1n[n+]2c3c(cnc2s1)CC(C)CC3.[O-][Cl+3]([O-])([O-])O. The van der Waals surface area contributed by atoms with Crippen molar-refractivity contribution >= 4 is 16.3 Å². The molecule has 0 fully saturated rings. The molecule has 0 radical (unpaired) electrons. The quantitative estimate of drug-likeness (QED) is 0.641. The monoisotopic (exact) mass is 348 g/mol. The highest BCUT2D eigenvalue weighted by Crippen LogP contribution is 2.23. The summed E-state index contributed by atoms with van der Waals surface area (Å²) in [5.74, 6) is 0.788. The predicted octanol–water partition coefficient (Wildman–Crippen LogP) is -1.77. The van der Waals surface area contributed by atoms with Gasteiger partial charge in [0.2, 0.25) is 0 Å². The van der Waals surface area contributed by atoms with Crippen LogP contribution in [-0.2, 0) is 19.3 Å². The van der Waals surface area contributed by atoms with Gasteiger partial charge in [-0.05, 0) is 41.5 Å². The lowest BCUT2D eigenvalue weighted by atomic mass is 9.89. The van der Waals surface area contributed by atoms with Crippen LogP contribution >= 0.6 is 11.3 Å². The fourth-order valence-electron chi connectivity index (χ4n) is 2.54. The molecule has 1 atom stereocenters. The van der Waals surface area contributed by atoms with Gasteiger partial charge in [-0.2, -0.15) is 14.0 Å². The van der Waals surface area contributed by atoms with Gasteiger partial charge in [-0.1, -0.05) is 23.5 Å². The van der Waals surface area contributed by atoms with Crippen LogP contribution in [0, 0.1) is 16.2 Å².